The SMILES string of the molecule is Cc1cc(C)c(-n2ncnc2-c2[c-]cc3nc(C)oc3c2)c(C)c1.Cc1nc2c[c-]c(-c3ncnn3-c3c(-c4ccccc4)cccc3-c3ccccc3)cc2o1.Cc1nc2c[c-]c(-c3ncnn3-c3c(C(C)C)cccc3C(C)C)cc2o1.Cc1nc2c[c-]c(-c3ncnn3-c3c(C)cc(-c4ccccc4)cc3C)cc2o1.Cc1nc2c[c-]c(-c3ncnn3-c3c(C)cccc3C)cc2o1.[Ir].[Ir].[Ir].[Ir].[Ir]. The van der Waals surface area contributed by atoms with Crippen LogP contribution in [-0.4, -0.2) is 98.7 Å². The van der Waals surface area contributed by atoms with Gasteiger partial charge in [0, 0.05) is 174 Å². The van der Waals surface area contributed by atoms with Crippen LogP contribution in [0.3, 0.4) is 0 Å². The molecule has 23 rings (SSSR count). The van der Waals surface area contributed by atoms with E-state index in [0.29, 0.717) is 52.7 Å². The summed E-state index contributed by atoms with van der Waals surface area (Å²) >= 11 is 0. The molecule has 0 N–H and O–H groups in total. The summed E-state index contributed by atoms with van der Waals surface area (Å²) in [5.41, 5.74) is 34.2. The maximum absolute atomic E-state index is 5.75. The second kappa shape index (κ2) is 44.7. The minimum atomic E-state index is 0. The van der Waals surface area contributed by atoms with Crippen molar-refractivity contribution in [1.82, 2.24) is 98.7 Å². The smallest absolute Gasteiger partial charge is 0.180 e. The van der Waals surface area contributed by atoms with Crippen LogP contribution in [-0.2, 0) is 101 Å². The third-order valence-electron chi connectivity index (χ3n) is 23.4. The van der Waals surface area contributed by atoms with Crippen LogP contribution in [0.15, 0.2) is 284 Å². The van der Waals surface area contributed by atoms with Gasteiger partial charge in [-0.3, -0.25) is 73.2 Å². The van der Waals surface area contributed by atoms with Gasteiger partial charge in [0.05, 0.1) is 85.5 Å². The monoisotopic (exact) mass is 2750 g/mol. The maximum atomic E-state index is 5.75. The van der Waals surface area contributed by atoms with E-state index >= 15 is 0 Å². The molecular formula is C111H93Ir5N20O5-5. The van der Waals surface area contributed by atoms with Gasteiger partial charge in [-0.1, -0.05) is 221 Å². The first-order valence-electron chi connectivity index (χ1n) is 44.6. The van der Waals surface area contributed by atoms with Gasteiger partial charge in [-0.05, 0) is 139 Å². The normalized spacial score (nSPS) is 11.0. The minimum absolute atomic E-state index is 0. The zero-order valence-corrected chi connectivity index (χ0v) is 91.6. The number of hydrogen-bond donors (Lipinski definition) is 0. The van der Waals surface area contributed by atoms with Gasteiger partial charge in [0.25, 0.3) is 0 Å². The quantitative estimate of drug-likeness (QED) is 0.0862. The first-order valence-corrected chi connectivity index (χ1v) is 44.6. The summed E-state index contributed by atoms with van der Waals surface area (Å²) in [6.07, 6.45) is 7.88. The molecule has 0 aliphatic rings. The van der Waals surface area contributed by atoms with Gasteiger partial charge < -0.3 is 22.1 Å². The summed E-state index contributed by atoms with van der Waals surface area (Å²) in [6, 6.07) is 93.8. The van der Waals surface area contributed by atoms with Crippen LogP contribution in [0.5, 0.6) is 0 Å². The Morgan fingerprint density at radius 2 is 0.489 bits per heavy atom. The van der Waals surface area contributed by atoms with Crippen LogP contribution in [0.25, 0.3) is 174 Å². The minimum Gasteiger partial charge on any atom is -0.461 e. The summed E-state index contributed by atoms with van der Waals surface area (Å²) in [6.45, 7) is 32.6. The number of para-hydroxylation sites is 3. The molecular weight excluding hydrogens is 2650 g/mol. The summed E-state index contributed by atoms with van der Waals surface area (Å²) in [7, 11) is 0. The van der Waals surface area contributed by atoms with E-state index in [-0.39, 0.29) is 101 Å². The Morgan fingerprint density at radius 1 is 0.241 bits per heavy atom. The van der Waals surface area contributed by atoms with E-state index in [9.17, 15) is 0 Å². The van der Waals surface area contributed by atoms with Crippen molar-refractivity contribution < 1.29 is 123 Å². The first kappa shape index (κ1) is 103. The van der Waals surface area contributed by atoms with Gasteiger partial charge in [-0.2, -0.15) is 25.5 Å². The third-order valence-corrected chi connectivity index (χ3v) is 23.4. The Bertz CT molecular complexity index is 8180. The van der Waals surface area contributed by atoms with Crippen molar-refractivity contribution in [1.29, 1.82) is 0 Å². The molecule has 13 aromatic carbocycles. The van der Waals surface area contributed by atoms with Crippen LogP contribution in [0.2, 0.25) is 0 Å². The molecule has 30 heteroatoms. The number of nitrogens with zero attached hydrogens (tertiary/aromatic N) is 20. The molecule has 0 saturated carbocycles. The van der Waals surface area contributed by atoms with Crippen LogP contribution < -0.4 is 0 Å². The summed E-state index contributed by atoms with van der Waals surface area (Å²) in [4.78, 5) is 44.2. The molecule has 141 heavy (non-hydrogen) atoms. The molecule has 0 amide bonds. The fraction of sp³-hybridized carbons (Fsp3) is 0.162. The molecule has 717 valence electrons. The van der Waals surface area contributed by atoms with Gasteiger partial charge in [0.2, 0.25) is 0 Å². The van der Waals surface area contributed by atoms with Crippen molar-refractivity contribution in [3.05, 3.63) is 372 Å². The number of fused-ring (bicyclic) bond motifs is 5. The van der Waals surface area contributed by atoms with Crippen molar-refractivity contribution >= 4 is 55.5 Å². The van der Waals surface area contributed by atoms with Gasteiger partial charge in [0.15, 0.2) is 29.5 Å². The van der Waals surface area contributed by atoms with Gasteiger partial charge in [0.1, 0.15) is 31.6 Å². The van der Waals surface area contributed by atoms with E-state index in [1.165, 1.54) is 27.8 Å². The number of benzene rings is 13. The molecule has 0 unspecified atom stereocenters. The zero-order valence-electron chi connectivity index (χ0n) is 79.6. The molecule has 0 bridgehead atoms. The fourth-order valence-corrected chi connectivity index (χ4v) is 17.5. The van der Waals surface area contributed by atoms with E-state index in [0.717, 1.165) is 185 Å². The Labute approximate surface area is 882 Å². The number of oxazole rings is 5. The van der Waals surface area contributed by atoms with Crippen molar-refractivity contribution in [2.75, 3.05) is 0 Å². The molecule has 10 heterocycles. The van der Waals surface area contributed by atoms with E-state index in [1.807, 2.05) is 167 Å². The summed E-state index contributed by atoms with van der Waals surface area (Å²) in [5, 5.41) is 22.6. The Kier molecular flexibility index (Phi) is 32.7. The molecule has 0 spiro atoms. The average molecular weight is 2750 g/mol. The van der Waals surface area contributed by atoms with Crippen LogP contribution in [0.4, 0.5) is 0 Å². The molecule has 0 fully saturated rings. The standard InChI is InChI=1S/C28H19N4O.C24H19N4O.C22H23N4O.C19H17N4O.C18H15N4O.5Ir/c1-19-31-25-16-15-22(17-26(25)33-19)28-29-18-30-32(28)27-23(20-9-4-2-5-10-20)13-8-14-24(27)21-11-6-3-7-12-21;1-15-11-20(18-7-5-4-6-8-18)12-16(2)23(15)28-24(25-14-26-28)19-9-10-21-22(13-19)29-17(3)27-21;1-13(2)17-7-6-8-18(14(3)4)21(17)26-22(23-12-24-26)16-9-10-19-20(11-16)27-15(5)25-19;1-11-7-12(2)18(13(3)8-11)23-19(20-10-21-23)15-5-6-16-17(9-15)24-14(4)22-16;1-11-5-4-6-12(2)17(11)22-18(19-10-20-22)14-7-8-15-16(9-14)23-13(3)21-15;;;;;/h2-14,16-18H,1H3;4-8,10-14H,1-3H3;6-8,10-14H,1-5H3;6-10H,1-4H3;4-6,8-10H,1-3H3;;;;;/q5*-1;;;;;. The molecule has 0 saturated heterocycles. The molecule has 5 radical (unpaired) electrons. The molecule has 10 aromatic heterocycles. The van der Waals surface area contributed by atoms with E-state index in [4.69, 9.17) is 22.1 Å². The molecule has 0 aliphatic carbocycles. The number of rotatable bonds is 15. The Hall–Kier alpha value is -13.8. The predicted molar refractivity (Wildman–Crippen MR) is 527 cm³/mol. The Morgan fingerprint density at radius 3 is 0.780 bits per heavy atom. The van der Waals surface area contributed by atoms with Crippen LogP contribution >= 0.6 is 0 Å². The fourth-order valence-electron chi connectivity index (χ4n) is 17.5. The second-order valence-electron chi connectivity index (χ2n) is 34.0. The average Bonchev–Trinajstić information content (AvgIpc) is 1.69. The van der Waals surface area contributed by atoms with Gasteiger partial charge >= 0.3 is 0 Å². The predicted octanol–water partition coefficient (Wildman–Crippen LogP) is 25.3. The first-order chi connectivity index (χ1) is 66.0. The van der Waals surface area contributed by atoms with Crippen molar-refractivity contribution in [2.45, 2.75) is 123 Å². The van der Waals surface area contributed by atoms with Crippen molar-refractivity contribution in [2.24, 2.45) is 0 Å². The number of aryl methyl sites for hydroxylation is 12. The largest absolute Gasteiger partial charge is 0.461 e. The van der Waals surface area contributed by atoms with E-state index in [2.05, 4.69) is 303 Å². The molecule has 25 nitrogen and oxygen atoms in total. The summed E-state index contributed by atoms with van der Waals surface area (Å²) in [5.74, 6) is 7.56. The topological polar surface area (TPSA) is 284 Å². The van der Waals surface area contributed by atoms with E-state index in [1.54, 1.807) is 31.6 Å². The Balaban J connectivity index is 0.000000140. The molecule has 23 aromatic rings. The summed E-state index contributed by atoms with van der Waals surface area (Å²) < 4.78 is 37.8. The van der Waals surface area contributed by atoms with Crippen molar-refractivity contribution in [3.8, 4) is 119 Å². The van der Waals surface area contributed by atoms with Crippen molar-refractivity contribution in [3.63, 3.8) is 0 Å². The molecule has 0 aliphatic heterocycles. The third kappa shape index (κ3) is 21.7. The number of hydrogen-bond acceptors (Lipinski definition) is 20. The van der Waals surface area contributed by atoms with E-state index < -0.39 is 0 Å². The van der Waals surface area contributed by atoms with Gasteiger partial charge in [-0.25, -0.2) is 0 Å². The zero-order chi connectivity index (χ0) is 94.1. The van der Waals surface area contributed by atoms with Gasteiger partial charge in [-0.15, -0.1) is 88.5 Å². The second-order valence-corrected chi connectivity index (χ2v) is 34.0. The van der Waals surface area contributed by atoms with Crippen LogP contribution in [0.1, 0.15) is 119 Å². The molecule has 0 atom stereocenters. The number of aromatic nitrogens is 20. The van der Waals surface area contributed by atoms with Crippen LogP contribution in [0, 0.1) is 113 Å². The maximum Gasteiger partial charge on any atom is 0.180 e.